The summed E-state index contributed by atoms with van der Waals surface area (Å²) in [6.07, 6.45) is 1.35. The molecule has 1 radical (unpaired) electrons. The summed E-state index contributed by atoms with van der Waals surface area (Å²) in [6.45, 7) is 0. The molecule has 3 heteroatoms. The third-order valence-corrected chi connectivity index (χ3v) is 1.21. The predicted octanol–water partition coefficient (Wildman–Crippen LogP) is 1.78. The summed E-state index contributed by atoms with van der Waals surface area (Å²) in [5.74, 6) is -0.521. The molecular formula is C5H2BrFN. The molecule has 0 amide bonds. The lowest BCUT2D eigenvalue weighted by atomic mass is 10.5. The van der Waals surface area contributed by atoms with Gasteiger partial charge in [0.05, 0.1) is 4.47 Å². The SMILES string of the molecule is Fc1ncc[c]c1Br. The van der Waals surface area contributed by atoms with Gasteiger partial charge in [0.1, 0.15) is 0 Å². The fourth-order valence-electron chi connectivity index (χ4n) is 0.329. The van der Waals surface area contributed by atoms with E-state index in [2.05, 4.69) is 27.0 Å². The van der Waals surface area contributed by atoms with Crippen LogP contribution >= 0.6 is 15.9 Å². The average Bonchev–Trinajstić information content (AvgIpc) is 1.77. The van der Waals surface area contributed by atoms with Crippen molar-refractivity contribution in [2.75, 3.05) is 0 Å². The van der Waals surface area contributed by atoms with Crippen molar-refractivity contribution >= 4 is 15.9 Å². The number of nitrogens with zero attached hydrogens (tertiary/aromatic N) is 1. The van der Waals surface area contributed by atoms with Crippen LogP contribution in [-0.2, 0) is 0 Å². The van der Waals surface area contributed by atoms with Crippen LogP contribution in [0.15, 0.2) is 16.7 Å². The molecule has 1 aromatic heterocycles. The van der Waals surface area contributed by atoms with E-state index in [1.54, 1.807) is 0 Å². The fourth-order valence-corrected chi connectivity index (χ4v) is 0.564. The van der Waals surface area contributed by atoms with E-state index in [0.717, 1.165) is 0 Å². The Labute approximate surface area is 54.7 Å². The van der Waals surface area contributed by atoms with Crippen molar-refractivity contribution in [2.45, 2.75) is 0 Å². The summed E-state index contributed by atoms with van der Waals surface area (Å²) in [5, 5.41) is 0. The second-order valence-electron chi connectivity index (χ2n) is 1.19. The van der Waals surface area contributed by atoms with Crippen LogP contribution in [0.4, 0.5) is 4.39 Å². The molecule has 0 bridgehead atoms. The fraction of sp³-hybridized carbons (Fsp3) is 0. The molecule has 0 N–H and O–H groups in total. The summed E-state index contributed by atoms with van der Waals surface area (Å²) in [7, 11) is 0. The highest BCUT2D eigenvalue weighted by atomic mass is 79.9. The van der Waals surface area contributed by atoms with Crippen molar-refractivity contribution in [3.63, 3.8) is 0 Å². The van der Waals surface area contributed by atoms with E-state index in [-0.39, 0.29) is 4.47 Å². The Kier molecular flexibility index (Phi) is 1.58. The third-order valence-electron chi connectivity index (χ3n) is 0.654. The van der Waals surface area contributed by atoms with Gasteiger partial charge >= 0.3 is 0 Å². The smallest absolute Gasteiger partial charge is 0.227 e. The van der Waals surface area contributed by atoms with Crippen LogP contribution < -0.4 is 0 Å². The highest BCUT2D eigenvalue weighted by molar-refractivity contribution is 9.10. The van der Waals surface area contributed by atoms with Crippen LogP contribution in [0.25, 0.3) is 0 Å². The van der Waals surface area contributed by atoms with Crippen molar-refractivity contribution < 1.29 is 4.39 Å². The molecular weight excluding hydrogens is 173 g/mol. The van der Waals surface area contributed by atoms with Crippen molar-refractivity contribution in [3.05, 3.63) is 28.7 Å². The third kappa shape index (κ3) is 1.04. The van der Waals surface area contributed by atoms with Gasteiger partial charge in [0, 0.05) is 12.3 Å². The van der Waals surface area contributed by atoms with Gasteiger partial charge in [0.15, 0.2) is 0 Å². The second kappa shape index (κ2) is 2.22. The molecule has 0 atom stereocenters. The Morgan fingerprint density at radius 2 is 2.50 bits per heavy atom. The van der Waals surface area contributed by atoms with Gasteiger partial charge in [-0.3, -0.25) is 0 Å². The maximum atomic E-state index is 12.1. The van der Waals surface area contributed by atoms with Gasteiger partial charge in [-0.2, -0.15) is 4.39 Å². The van der Waals surface area contributed by atoms with E-state index in [0.29, 0.717) is 0 Å². The molecule has 0 saturated carbocycles. The van der Waals surface area contributed by atoms with Crippen LogP contribution in [-0.4, -0.2) is 4.98 Å². The van der Waals surface area contributed by atoms with E-state index in [9.17, 15) is 4.39 Å². The molecule has 0 aromatic carbocycles. The normalized spacial score (nSPS) is 9.25. The molecule has 1 heterocycles. The second-order valence-corrected chi connectivity index (χ2v) is 1.99. The van der Waals surface area contributed by atoms with Crippen LogP contribution in [0.1, 0.15) is 0 Å². The lowest BCUT2D eigenvalue weighted by Crippen LogP contribution is -1.79. The Hall–Kier alpha value is -0.440. The zero-order valence-electron chi connectivity index (χ0n) is 3.86. The Balaban J connectivity index is 3.13. The van der Waals surface area contributed by atoms with Crippen molar-refractivity contribution in [2.24, 2.45) is 0 Å². The summed E-state index contributed by atoms with van der Waals surface area (Å²) < 4.78 is 12.4. The molecule has 1 aromatic rings. The molecule has 1 nitrogen and oxygen atoms in total. The molecule has 41 valence electrons. The van der Waals surface area contributed by atoms with E-state index in [4.69, 9.17) is 0 Å². The topological polar surface area (TPSA) is 12.9 Å². The Morgan fingerprint density at radius 1 is 1.75 bits per heavy atom. The van der Waals surface area contributed by atoms with Gasteiger partial charge in [-0.25, -0.2) is 4.98 Å². The highest BCUT2D eigenvalue weighted by Crippen LogP contribution is 2.08. The minimum absolute atomic E-state index is 0.278. The predicted molar refractivity (Wildman–Crippen MR) is 30.7 cm³/mol. The van der Waals surface area contributed by atoms with Crippen LogP contribution in [0.2, 0.25) is 0 Å². The number of halogens is 2. The van der Waals surface area contributed by atoms with E-state index < -0.39 is 5.95 Å². The minimum Gasteiger partial charge on any atom is -0.227 e. The van der Waals surface area contributed by atoms with Gasteiger partial charge in [0.25, 0.3) is 0 Å². The maximum absolute atomic E-state index is 12.1. The average molecular weight is 175 g/mol. The van der Waals surface area contributed by atoms with Gasteiger partial charge in [-0.05, 0) is 22.0 Å². The quantitative estimate of drug-likeness (QED) is 0.547. The molecule has 0 fully saturated rings. The first-order valence-electron chi connectivity index (χ1n) is 1.98. The summed E-state index contributed by atoms with van der Waals surface area (Å²) >= 11 is 2.90. The first-order chi connectivity index (χ1) is 3.80. The molecule has 0 aliphatic carbocycles. The molecule has 0 aliphatic rings. The van der Waals surface area contributed by atoms with Crippen molar-refractivity contribution in [1.82, 2.24) is 4.98 Å². The van der Waals surface area contributed by atoms with Gasteiger partial charge < -0.3 is 0 Å². The summed E-state index contributed by atoms with van der Waals surface area (Å²) in [5.41, 5.74) is 0. The van der Waals surface area contributed by atoms with Gasteiger partial charge in [0.2, 0.25) is 5.95 Å². The van der Waals surface area contributed by atoms with Crippen molar-refractivity contribution in [3.8, 4) is 0 Å². The van der Waals surface area contributed by atoms with Crippen LogP contribution in [0, 0.1) is 12.0 Å². The molecule has 0 saturated heterocycles. The van der Waals surface area contributed by atoms with Gasteiger partial charge in [-0.15, -0.1) is 0 Å². The van der Waals surface area contributed by atoms with E-state index in [1.807, 2.05) is 0 Å². The molecule has 1 rings (SSSR count). The lowest BCUT2D eigenvalue weighted by molar-refractivity contribution is 0.576. The summed E-state index contributed by atoms with van der Waals surface area (Å²) in [4.78, 5) is 3.33. The first-order valence-corrected chi connectivity index (χ1v) is 2.77. The standard InChI is InChI=1S/C5H2BrFN/c6-4-2-1-3-8-5(4)7/h1,3H. The van der Waals surface area contributed by atoms with E-state index >= 15 is 0 Å². The molecule has 8 heavy (non-hydrogen) atoms. The zero-order chi connectivity index (χ0) is 5.98. The van der Waals surface area contributed by atoms with Crippen LogP contribution in [0.5, 0.6) is 0 Å². The van der Waals surface area contributed by atoms with E-state index in [1.165, 1.54) is 12.3 Å². The monoisotopic (exact) mass is 174 g/mol. The minimum atomic E-state index is -0.521. The molecule has 0 spiro atoms. The number of hydrogen-bond acceptors (Lipinski definition) is 1. The van der Waals surface area contributed by atoms with Crippen LogP contribution in [0.3, 0.4) is 0 Å². The first kappa shape index (κ1) is 5.69. The summed E-state index contributed by atoms with van der Waals surface area (Å²) in [6, 6.07) is 4.11. The Morgan fingerprint density at radius 3 is 2.88 bits per heavy atom. The number of hydrogen-bond donors (Lipinski definition) is 0. The lowest BCUT2D eigenvalue weighted by Gasteiger charge is -1.85. The van der Waals surface area contributed by atoms with Crippen molar-refractivity contribution in [1.29, 1.82) is 0 Å². The number of pyridine rings is 1. The Bertz CT molecular complexity index is 169. The van der Waals surface area contributed by atoms with Gasteiger partial charge in [-0.1, -0.05) is 0 Å². The maximum Gasteiger partial charge on any atom is 0.227 e. The number of aromatic nitrogens is 1. The molecule has 0 unspecified atom stereocenters. The highest BCUT2D eigenvalue weighted by Gasteiger charge is 1.93. The zero-order valence-corrected chi connectivity index (χ0v) is 5.44. The molecule has 0 aliphatic heterocycles. The number of rotatable bonds is 0. The largest absolute Gasteiger partial charge is 0.227 e.